The Kier molecular flexibility index (Phi) is 6.67. The molecule has 6 heteroatoms. The molecule has 0 radical (unpaired) electrons. The summed E-state index contributed by atoms with van der Waals surface area (Å²) in [5.74, 6) is -0.286. The molecule has 0 heterocycles. The van der Waals surface area contributed by atoms with Gasteiger partial charge in [-0.3, -0.25) is 15.0 Å². The molecule has 3 amide bonds. The molecule has 0 aliphatic heterocycles. The topological polar surface area (TPSA) is 81.7 Å². The van der Waals surface area contributed by atoms with Gasteiger partial charge < -0.3 is 10.4 Å². The van der Waals surface area contributed by atoms with Crippen LogP contribution < -0.4 is 10.6 Å². The number of amides is 3. The van der Waals surface area contributed by atoms with Gasteiger partial charge in [-0.1, -0.05) is 6.42 Å². The SMILES string of the molecule is CCNC(=O)NC(=O)CN(CCCO)C1CCC1. The third-order valence-corrected chi connectivity index (χ3v) is 3.13. The smallest absolute Gasteiger partial charge is 0.321 e. The van der Waals surface area contributed by atoms with Crippen LogP contribution in [-0.4, -0.2) is 54.2 Å². The van der Waals surface area contributed by atoms with Crippen molar-refractivity contribution in [3.63, 3.8) is 0 Å². The highest BCUT2D eigenvalue weighted by molar-refractivity contribution is 5.95. The molecule has 0 aromatic carbocycles. The van der Waals surface area contributed by atoms with Gasteiger partial charge in [-0.05, 0) is 26.2 Å². The summed E-state index contributed by atoms with van der Waals surface area (Å²) in [6.07, 6.45) is 4.04. The van der Waals surface area contributed by atoms with Gasteiger partial charge in [0, 0.05) is 25.7 Å². The number of aliphatic hydroxyl groups excluding tert-OH is 1. The van der Waals surface area contributed by atoms with E-state index < -0.39 is 6.03 Å². The molecule has 1 saturated carbocycles. The van der Waals surface area contributed by atoms with E-state index in [0.29, 0.717) is 25.6 Å². The molecule has 0 spiro atoms. The standard InChI is InChI=1S/C12H23N3O3/c1-2-13-12(18)14-11(17)9-15(7-4-8-16)10-5-3-6-10/h10,16H,2-9H2,1H3,(H2,13,14,17,18). The lowest BCUT2D eigenvalue weighted by atomic mass is 9.91. The van der Waals surface area contributed by atoms with Crippen molar-refractivity contribution in [1.29, 1.82) is 0 Å². The second-order valence-electron chi connectivity index (χ2n) is 4.54. The first-order valence-electron chi connectivity index (χ1n) is 6.60. The third kappa shape index (κ3) is 5.01. The number of carbonyl (C=O) groups is 2. The number of nitrogens with one attached hydrogen (secondary N) is 2. The number of imide groups is 1. The van der Waals surface area contributed by atoms with Crippen LogP contribution in [0.25, 0.3) is 0 Å². The van der Waals surface area contributed by atoms with Gasteiger partial charge in [-0.2, -0.15) is 0 Å². The number of aliphatic hydroxyl groups is 1. The molecule has 0 aromatic heterocycles. The number of nitrogens with zero attached hydrogens (tertiary/aromatic N) is 1. The number of hydrogen-bond donors (Lipinski definition) is 3. The lowest BCUT2D eigenvalue weighted by molar-refractivity contribution is -0.122. The fourth-order valence-corrected chi connectivity index (χ4v) is 1.97. The van der Waals surface area contributed by atoms with Gasteiger partial charge in [0.05, 0.1) is 6.54 Å². The van der Waals surface area contributed by atoms with Crippen LogP contribution in [0.15, 0.2) is 0 Å². The minimum atomic E-state index is -0.446. The van der Waals surface area contributed by atoms with Crippen LogP contribution >= 0.6 is 0 Å². The second kappa shape index (κ2) is 8.05. The van der Waals surface area contributed by atoms with Gasteiger partial charge in [-0.25, -0.2) is 4.79 Å². The van der Waals surface area contributed by atoms with Crippen molar-refractivity contribution in [2.45, 2.75) is 38.6 Å². The van der Waals surface area contributed by atoms with Crippen molar-refractivity contribution in [2.24, 2.45) is 0 Å². The van der Waals surface area contributed by atoms with Crippen LogP contribution in [0.4, 0.5) is 4.79 Å². The highest BCUT2D eigenvalue weighted by atomic mass is 16.3. The van der Waals surface area contributed by atoms with Gasteiger partial charge in [-0.15, -0.1) is 0 Å². The summed E-state index contributed by atoms with van der Waals surface area (Å²) < 4.78 is 0. The molecular formula is C12H23N3O3. The molecule has 6 nitrogen and oxygen atoms in total. The van der Waals surface area contributed by atoms with E-state index in [1.54, 1.807) is 6.92 Å². The molecule has 0 unspecified atom stereocenters. The first-order valence-corrected chi connectivity index (χ1v) is 6.60. The number of hydrogen-bond acceptors (Lipinski definition) is 4. The Morgan fingerprint density at radius 1 is 1.39 bits per heavy atom. The molecule has 104 valence electrons. The maximum Gasteiger partial charge on any atom is 0.321 e. The number of urea groups is 1. The Hall–Kier alpha value is -1.14. The van der Waals surface area contributed by atoms with E-state index in [9.17, 15) is 9.59 Å². The zero-order valence-electron chi connectivity index (χ0n) is 10.9. The molecule has 1 rings (SSSR count). The number of rotatable bonds is 7. The molecule has 0 aromatic rings. The second-order valence-corrected chi connectivity index (χ2v) is 4.54. The monoisotopic (exact) mass is 257 g/mol. The van der Waals surface area contributed by atoms with Crippen molar-refractivity contribution < 1.29 is 14.7 Å². The van der Waals surface area contributed by atoms with Gasteiger partial charge in [0.15, 0.2) is 0 Å². The van der Waals surface area contributed by atoms with E-state index in [1.165, 1.54) is 6.42 Å². The zero-order chi connectivity index (χ0) is 13.4. The molecule has 0 atom stereocenters. The molecule has 1 fully saturated rings. The van der Waals surface area contributed by atoms with Crippen LogP contribution in [-0.2, 0) is 4.79 Å². The fraction of sp³-hybridized carbons (Fsp3) is 0.833. The van der Waals surface area contributed by atoms with Gasteiger partial charge >= 0.3 is 6.03 Å². The molecule has 0 saturated heterocycles. The van der Waals surface area contributed by atoms with Gasteiger partial charge in [0.1, 0.15) is 0 Å². The highest BCUT2D eigenvalue weighted by Crippen LogP contribution is 2.24. The number of carbonyl (C=O) groups excluding carboxylic acids is 2. The Morgan fingerprint density at radius 2 is 2.11 bits per heavy atom. The van der Waals surface area contributed by atoms with Gasteiger partial charge in [0.25, 0.3) is 0 Å². The van der Waals surface area contributed by atoms with Crippen molar-refractivity contribution in [3.05, 3.63) is 0 Å². The predicted octanol–water partition coefficient (Wildman–Crippen LogP) is 0.0690. The van der Waals surface area contributed by atoms with Crippen LogP contribution in [0, 0.1) is 0 Å². The van der Waals surface area contributed by atoms with E-state index in [2.05, 4.69) is 10.6 Å². The predicted molar refractivity (Wildman–Crippen MR) is 68.1 cm³/mol. The summed E-state index contributed by atoms with van der Waals surface area (Å²) in [4.78, 5) is 24.9. The first-order chi connectivity index (χ1) is 8.67. The van der Waals surface area contributed by atoms with Crippen molar-refractivity contribution in [3.8, 4) is 0 Å². The summed E-state index contributed by atoms with van der Waals surface area (Å²) in [5.41, 5.74) is 0. The zero-order valence-corrected chi connectivity index (χ0v) is 10.9. The maximum absolute atomic E-state index is 11.7. The van der Waals surface area contributed by atoms with E-state index in [1.807, 2.05) is 4.90 Å². The van der Waals surface area contributed by atoms with Crippen LogP contribution in [0.2, 0.25) is 0 Å². The lowest BCUT2D eigenvalue weighted by Crippen LogP contribution is -2.49. The average Bonchev–Trinajstić information content (AvgIpc) is 2.23. The summed E-state index contributed by atoms with van der Waals surface area (Å²) in [5, 5.41) is 13.7. The third-order valence-electron chi connectivity index (χ3n) is 3.13. The Balaban J connectivity index is 2.34. The fourth-order valence-electron chi connectivity index (χ4n) is 1.97. The summed E-state index contributed by atoms with van der Waals surface area (Å²) in [6.45, 7) is 3.34. The van der Waals surface area contributed by atoms with Gasteiger partial charge in [0.2, 0.25) is 5.91 Å². The minimum Gasteiger partial charge on any atom is -0.396 e. The van der Waals surface area contributed by atoms with E-state index in [0.717, 1.165) is 12.8 Å². The Bertz CT molecular complexity index is 280. The molecule has 1 aliphatic carbocycles. The quantitative estimate of drug-likeness (QED) is 0.603. The molecule has 1 aliphatic rings. The first kappa shape index (κ1) is 14.9. The summed E-state index contributed by atoms with van der Waals surface area (Å²) >= 11 is 0. The summed E-state index contributed by atoms with van der Waals surface area (Å²) in [7, 11) is 0. The summed E-state index contributed by atoms with van der Waals surface area (Å²) in [6, 6.07) is -0.0187. The average molecular weight is 257 g/mol. The van der Waals surface area contributed by atoms with Crippen molar-refractivity contribution in [2.75, 3.05) is 26.2 Å². The molecule has 3 N–H and O–H groups in total. The Morgan fingerprint density at radius 3 is 2.61 bits per heavy atom. The maximum atomic E-state index is 11.7. The van der Waals surface area contributed by atoms with Crippen molar-refractivity contribution in [1.82, 2.24) is 15.5 Å². The Labute approximate surface area is 108 Å². The van der Waals surface area contributed by atoms with E-state index in [4.69, 9.17) is 5.11 Å². The van der Waals surface area contributed by atoms with E-state index in [-0.39, 0.29) is 19.1 Å². The van der Waals surface area contributed by atoms with Crippen molar-refractivity contribution >= 4 is 11.9 Å². The minimum absolute atomic E-state index is 0.126. The largest absolute Gasteiger partial charge is 0.396 e. The molecule has 18 heavy (non-hydrogen) atoms. The normalized spacial score (nSPS) is 15.3. The molecular weight excluding hydrogens is 234 g/mol. The van der Waals surface area contributed by atoms with Crippen LogP contribution in [0.5, 0.6) is 0 Å². The highest BCUT2D eigenvalue weighted by Gasteiger charge is 2.26. The van der Waals surface area contributed by atoms with E-state index >= 15 is 0 Å². The lowest BCUT2D eigenvalue weighted by Gasteiger charge is -2.37. The van der Waals surface area contributed by atoms with Crippen LogP contribution in [0.3, 0.4) is 0 Å². The molecule has 0 bridgehead atoms. The van der Waals surface area contributed by atoms with Crippen LogP contribution in [0.1, 0.15) is 32.6 Å².